The maximum absolute atomic E-state index is 12.5. The lowest BCUT2D eigenvalue weighted by molar-refractivity contribution is 0.208. The lowest BCUT2D eigenvalue weighted by Crippen LogP contribution is -2.50. The van der Waals surface area contributed by atoms with Crippen molar-refractivity contribution in [3.05, 3.63) is 58.1 Å². The maximum Gasteiger partial charge on any atom is 0.322 e. The minimum atomic E-state index is -0.0925. The molecule has 2 aromatic carbocycles. The average Bonchev–Trinajstić information content (AvgIpc) is 2.56. The molecule has 2 aromatic rings. The third-order valence-corrected chi connectivity index (χ3v) is 4.96. The van der Waals surface area contributed by atoms with Crippen LogP contribution < -0.4 is 10.2 Å². The van der Waals surface area contributed by atoms with E-state index in [0.29, 0.717) is 23.8 Å². The van der Waals surface area contributed by atoms with Gasteiger partial charge in [-0.05, 0) is 44.0 Å². The first kappa shape index (κ1) is 17.6. The van der Waals surface area contributed by atoms with Gasteiger partial charge in [-0.2, -0.15) is 0 Å². The Morgan fingerprint density at radius 3 is 2.20 bits per heavy atom. The Morgan fingerprint density at radius 2 is 1.60 bits per heavy atom. The van der Waals surface area contributed by atoms with Crippen molar-refractivity contribution in [2.45, 2.75) is 20.8 Å². The molecule has 1 aliphatic rings. The summed E-state index contributed by atoms with van der Waals surface area (Å²) in [5.41, 5.74) is 5.84. The molecule has 1 fully saturated rings. The van der Waals surface area contributed by atoms with E-state index in [-0.39, 0.29) is 6.03 Å². The molecular formula is C20H24ClN3O. The number of aryl methyl sites for hydroxylation is 3. The van der Waals surface area contributed by atoms with Gasteiger partial charge in [-0.25, -0.2) is 4.79 Å². The number of piperazine rings is 1. The predicted molar refractivity (Wildman–Crippen MR) is 105 cm³/mol. The highest BCUT2D eigenvalue weighted by Crippen LogP contribution is 2.27. The number of benzene rings is 2. The quantitative estimate of drug-likeness (QED) is 0.851. The van der Waals surface area contributed by atoms with Gasteiger partial charge in [0, 0.05) is 31.9 Å². The summed E-state index contributed by atoms with van der Waals surface area (Å²) in [6.07, 6.45) is 0. The molecule has 4 nitrogen and oxygen atoms in total. The standard InChI is InChI=1S/C20H24ClN3O/c1-14-12-15(2)19(16(3)13-14)23-8-10-24(11-9-23)20(25)22-18-7-5-4-6-17(18)21/h4-7,12-13H,8-11H2,1-3H3,(H,22,25). The van der Waals surface area contributed by atoms with Gasteiger partial charge >= 0.3 is 6.03 Å². The molecule has 1 heterocycles. The smallest absolute Gasteiger partial charge is 0.322 e. The maximum atomic E-state index is 12.5. The molecular weight excluding hydrogens is 334 g/mol. The number of amides is 2. The van der Waals surface area contributed by atoms with E-state index in [1.807, 2.05) is 23.1 Å². The number of halogens is 1. The predicted octanol–water partition coefficient (Wildman–Crippen LogP) is 4.62. The summed E-state index contributed by atoms with van der Waals surface area (Å²) < 4.78 is 0. The number of rotatable bonds is 2. The van der Waals surface area contributed by atoms with Crippen molar-refractivity contribution >= 4 is 29.0 Å². The van der Waals surface area contributed by atoms with Gasteiger partial charge in [-0.3, -0.25) is 0 Å². The van der Waals surface area contributed by atoms with Gasteiger partial charge < -0.3 is 15.1 Å². The monoisotopic (exact) mass is 357 g/mol. The number of hydrogen-bond acceptors (Lipinski definition) is 2. The summed E-state index contributed by atoms with van der Waals surface area (Å²) in [7, 11) is 0. The third-order valence-electron chi connectivity index (χ3n) is 4.63. The van der Waals surface area contributed by atoms with Gasteiger partial charge in [0.15, 0.2) is 0 Å². The Hall–Kier alpha value is -2.20. The van der Waals surface area contributed by atoms with Crippen LogP contribution in [0.1, 0.15) is 16.7 Å². The summed E-state index contributed by atoms with van der Waals surface area (Å²) in [6.45, 7) is 9.51. The molecule has 0 saturated carbocycles. The highest BCUT2D eigenvalue weighted by molar-refractivity contribution is 6.33. The van der Waals surface area contributed by atoms with Crippen LogP contribution in [0.3, 0.4) is 0 Å². The number of para-hydroxylation sites is 1. The fourth-order valence-corrected chi connectivity index (χ4v) is 3.74. The SMILES string of the molecule is Cc1cc(C)c(N2CCN(C(=O)Nc3ccccc3Cl)CC2)c(C)c1. The fraction of sp³-hybridized carbons (Fsp3) is 0.350. The Balaban J connectivity index is 1.64. The first-order valence-corrected chi connectivity index (χ1v) is 8.97. The molecule has 0 unspecified atom stereocenters. The van der Waals surface area contributed by atoms with Gasteiger partial charge in [0.2, 0.25) is 0 Å². The molecule has 1 N–H and O–H groups in total. The highest BCUT2D eigenvalue weighted by atomic mass is 35.5. The Bertz CT molecular complexity index is 759. The zero-order valence-electron chi connectivity index (χ0n) is 15.0. The first-order chi connectivity index (χ1) is 12.0. The third kappa shape index (κ3) is 3.90. The molecule has 25 heavy (non-hydrogen) atoms. The highest BCUT2D eigenvalue weighted by Gasteiger charge is 2.23. The molecule has 3 rings (SSSR count). The number of urea groups is 1. The Labute approximate surface area is 154 Å². The van der Waals surface area contributed by atoms with Crippen molar-refractivity contribution in [1.82, 2.24) is 4.90 Å². The summed E-state index contributed by atoms with van der Waals surface area (Å²) >= 11 is 6.12. The van der Waals surface area contributed by atoms with Crippen LogP contribution in [-0.2, 0) is 0 Å². The van der Waals surface area contributed by atoms with Gasteiger partial charge in [0.25, 0.3) is 0 Å². The number of nitrogens with zero attached hydrogens (tertiary/aromatic N) is 2. The minimum absolute atomic E-state index is 0.0925. The fourth-order valence-electron chi connectivity index (χ4n) is 3.56. The lowest BCUT2D eigenvalue weighted by Gasteiger charge is -2.37. The number of carbonyl (C=O) groups excluding carboxylic acids is 1. The molecule has 0 aromatic heterocycles. The van der Waals surface area contributed by atoms with Crippen LogP contribution in [0.15, 0.2) is 36.4 Å². The summed E-state index contributed by atoms with van der Waals surface area (Å²) in [4.78, 5) is 16.7. The van der Waals surface area contributed by atoms with E-state index in [4.69, 9.17) is 11.6 Å². The molecule has 0 atom stereocenters. The second kappa shape index (κ2) is 7.36. The van der Waals surface area contributed by atoms with E-state index in [1.54, 1.807) is 6.07 Å². The van der Waals surface area contributed by atoms with E-state index in [2.05, 4.69) is 43.1 Å². The lowest BCUT2D eigenvalue weighted by atomic mass is 10.0. The molecule has 0 bridgehead atoms. The van der Waals surface area contributed by atoms with Gasteiger partial charge in [0.05, 0.1) is 10.7 Å². The average molecular weight is 358 g/mol. The molecule has 132 valence electrons. The van der Waals surface area contributed by atoms with Crippen molar-refractivity contribution in [3.8, 4) is 0 Å². The topological polar surface area (TPSA) is 35.6 Å². The Kier molecular flexibility index (Phi) is 5.19. The second-order valence-corrected chi connectivity index (χ2v) is 7.04. The summed E-state index contributed by atoms with van der Waals surface area (Å²) in [5, 5.41) is 3.46. The Morgan fingerprint density at radius 1 is 1.00 bits per heavy atom. The van der Waals surface area contributed by atoms with Crippen LogP contribution in [-0.4, -0.2) is 37.1 Å². The van der Waals surface area contributed by atoms with Crippen LogP contribution in [0.25, 0.3) is 0 Å². The number of hydrogen-bond donors (Lipinski definition) is 1. The summed E-state index contributed by atoms with van der Waals surface area (Å²) in [5.74, 6) is 0. The van der Waals surface area contributed by atoms with E-state index < -0.39 is 0 Å². The van der Waals surface area contributed by atoms with Crippen molar-refractivity contribution in [1.29, 1.82) is 0 Å². The van der Waals surface area contributed by atoms with Crippen LogP contribution in [0, 0.1) is 20.8 Å². The minimum Gasteiger partial charge on any atom is -0.368 e. The molecule has 1 saturated heterocycles. The molecule has 5 heteroatoms. The number of anilines is 2. The number of carbonyl (C=O) groups is 1. The van der Waals surface area contributed by atoms with Crippen molar-refractivity contribution in [3.63, 3.8) is 0 Å². The van der Waals surface area contributed by atoms with Crippen molar-refractivity contribution in [2.75, 3.05) is 36.4 Å². The first-order valence-electron chi connectivity index (χ1n) is 8.59. The number of nitrogens with one attached hydrogen (secondary N) is 1. The zero-order chi connectivity index (χ0) is 18.0. The summed E-state index contributed by atoms with van der Waals surface area (Å²) in [6, 6.07) is 11.7. The zero-order valence-corrected chi connectivity index (χ0v) is 15.7. The molecule has 2 amide bonds. The largest absolute Gasteiger partial charge is 0.368 e. The van der Waals surface area contributed by atoms with Crippen LogP contribution >= 0.6 is 11.6 Å². The van der Waals surface area contributed by atoms with Crippen LogP contribution in [0.5, 0.6) is 0 Å². The van der Waals surface area contributed by atoms with Crippen molar-refractivity contribution < 1.29 is 4.79 Å². The van der Waals surface area contributed by atoms with E-state index >= 15 is 0 Å². The molecule has 0 spiro atoms. The van der Waals surface area contributed by atoms with Crippen LogP contribution in [0.2, 0.25) is 5.02 Å². The molecule has 0 radical (unpaired) electrons. The molecule has 0 aliphatic carbocycles. The van der Waals surface area contributed by atoms with Gasteiger partial charge in [0.1, 0.15) is 0 Å². The van der Waals surface area contributed by atoms with E-state index in [1.165, 1.54) is 22.4 Å². The van der Waals surface area contributed by atoms with Crippen LogP contribution in [0.4, 0.5) is 16.2 Å². The van der Waals surface area contributed by atoms with Crippen molar-refractivity contribution in [2.24, 2.45) is 0 Å². The normalized spacial score (nSPS) is 14.6. The second-order valence-electron chi connectivity index (χ2n) is 6.63. The van der Waals surface area contributed by atoms with Gasteiger partial charge in [-0.1, -0.05) is 41.4 Å². The van der Waals surface area contributed by atoms with E-state index in [0.717, 1.165) is 13.1 Å². The van der Waals surface area contributed by atoms with Gasteiger partial charge in [-0.15, -0.1) is 0 Å². The van der Waals surface area contributed by atoms with E-state index in [9.17, 15) is 4.79 Å². The molecule has 1 aliphatic heterocycles.